The third kappa shape index (κ3) is 3.77. The number of hydrogen-bond acceptors (Lipinski definition) is 6. The van der Waals surface area contributed by atoms with Crippen LogP contribution in [0.3, 0.4) is 0 Å². The van der Waals surface area contributed by atoms with Gasteiger partial charge in [0.1, 0.15) is 5.03 Å². The summed E-state index contributed by atoms with van der Waals surface area (Å²) in [6.45, 7) is 2.04. The molecule has 0 aliphatic heterocycles. The molecule has 0 aliphatic rings. The second-order valence-electron chi connectivity index (χ2n) is 3.78. The summed E-state index contributed by atoms with van der Waals surface area (Å²) in [5.74, 6) is 0.178. The van der Waals surface area contributed by atoms with E-state index in [0.717, 1.165) is 18.5 Å². The van der Waals surface area contributed by atoms with Crippen molar-refractivity contribution in [2.75, 3.05) is 5.73 Å². The molecule has 0 saturated heterocycles. The highest BCUT2D eigenvalue weighted by Crippen LogP contribution is 2.29. The molecule has 3 N–H and O–H groups in total. The van der Waals surface area contributed by atoms with E-state index >= 15 is 0 Å². The van der Waals surface area contributed by atoms with Gasteiger partial charge in [-0.25, -0.2) is 15.0 Å². The topological polar surface area (TPSA) is 97.5 Å². The molecule has 0 bridgehead atoms. The maximum atomic E-state index is 11.5. The molecule has 6 nitrogen and oxygen atoms in total. The Kier molecular flexibility index (Phi) is 4.54. The van der Waals surface area contributed by atoms with Crippen molar-refractivity contribution in [3.05, 3.63) is 32.8 Å². The fourth-order valence-corrected chi connectivity index (χ4v) is 2.66. The van der Waals surface area contributed by atoms with Gasteiger partial charge in [-0.15, -0.1) is 0 Å². The highest BCUT2D eigenvalue weighted by atomic mass is 79.9. The van der Waals surface area contributed by atoms with E-state index in [9.17, 15) is 4.79 Å². The van der Waals surface area contributed by atoms with Gasteiger partial charge in [0.25, 0.3) is 5.56 Å². The Balaban J connectivity index is 2.32. The van der Waals surface area contributed by atoms with Gasteiger partial charge >= 0.3 is 0 Å². The van der Waals surface area contributed by atoms with Crippen molar-refractivity contribution in [3.8, 4) is 0 Å². The number of hydrogen-bond donors (Lipinski definition) is 2. The Morgan fingerprint density at radius 1 is 1.47 bits per heavy atom. The second kappa shape index (κ2) is 6.16. The van der Waals surface area contributed by atoms with E-state index in [1.807, 2.05) is 6.92 Å². The Morgan fingerprint density at radius 3 is 3.00 bits per heavy atom. The van der Waals surface area contributed by atoms with Crippen molar-refractivity contribution >= 4 is 33.6 Å². The maximum absolute atomic E-state index is 11.5. The fraction of sp³-hybridized carbons (Fsp3) is 0.273. The van der Waals surface area contributed by atoms with Crippen LogP contribution in [0.5, 0.6) is 0 Å². The van der Waals surface area contributed by atoms with Crippen molar-refractivity contribution in [2.24, 2.45) is 0 Å². The zero-order valence-electron chi connectivity index (χ0n) is 10.2. The van der Waals surface area contributed by atoms with Gasteiger partial charge in [0, 0.05) is 18.0 Å². The third-order valence-electron chi connectivity index (χ3n) is 2.20. The predicted octanol–water partition coefficient (Wildman–Crippen LogP) is 2.01. The van der Waals surface area contributed by atoms with Crippen LogP contribution in [0.2, 0.25) is 0 Å². The first-order chi connectivity index (χ1) is 9.08. The Bertz CT molecular complexity index is 645. The second-order valence-corrected chi connectivity index (χ2v) is 5.61. The summed E-state index contributed by atoms with van der Waals surface area (Å²) < 4.78 is 0.704. The van der Waals surface area contributed by atoms with Gasteiger partial charge in [0.15, 0.2) is 5.16 Å². The van der Waals surface area contributed by atoms with Crippen molar-refractivity contribution < 1.29 is 0 Å². The largest absolute Gasteiger partial charge is 0.368 e. The lowest BCUT2D eigenvalue weighted by atomic mass is 10.2. The Morgan fingerprint density at radius 2 is 2.26 bits per heavy atom. The molecule has 0 radical (unpaired) electrons. The molecule has 0 spiro atoms. The lowest BCUT2D eigenvalue weighted by Gasteiger charge is -2.04. The number of rotatable bonds is 4. The highest BCUT2D eigenvalue weighted by molar-refractivity contribution is 9.10. The van der Waals surface area contributed by atoms with Gasteiger partial charge < -0.3 is 10.7 Å². The highest BCUT2D eigenvalue weighted by Gasteiger charge is 2.09. The molecule has 2 heterocycles. The molecule has 0 atom stereocenters. The average molecular weight is 342 g/mol. The average Bonchev–Trinajstić information content (AvgIpc) is 2.33. The molecule has 0 fully saturated rings. The summed E-state index contributed by atoms with van der Waals surface area (Å²) >= 11 is 4.57. The summed E-state index contributed by atoms with van der Waals surface area (Å²) in [5.41, 5.74) is 6.14. The van der Waals surface area contributed by atoms with Crippen LogP contribution in [0.15, 0.2) is 31.7 Å². The first kappa shape index (κ1) is 14.0. The molecular weight excluding hydrogens is 330 g/mol. The zero-order chi connectivity index (χ0) is 13.8. The van der Waals surface area contributed by atoms with Crippen LogP contribution in [-0.2, 0) is 6.42 Å². The Labute approximate surface area is 122 Å². The molecule has 2 rings (SSSR count). The van der Waals surface area contributed by atoms with E-state index in [1.165, 1.54) is 17.8 Å². The monoisotopic (exact) mass is 341 g/mol. The first-order valence-electron chi connectivity index (χ1n) is 5.64. The van der Waals surface area contributed by atoms with E-state index in [-0.39, 0.29) is 11.5 Å². The summed E-state index contributed by atoms with van der Waals surface area (Å²) in [7, 11) is 0. The van der Waals surface area contributed by atoms with Gasteiger partial charge in [0.05, 0.1) is 4.47 Å². The maximum Gasteiger partial charge on any atom is 0.251 e. The van der Waals surface area contributed by atoms with Crippen molar-refractivity contribution in [3.63, 3.8) is 0 Å². The Hall–Kier alpha value is -1.41. The molecule has 0 aliphatic carbocycles. The standard InChI is InChI=1S/C11H12BrN5OS/c1-2-3-6-4-8(18)16-11(15-6)19-9-7(12)5-14-10(13)17-9/h4-5H,2-3H2,1H3,(H2,13,14,17)(H,15,16,18). The number of nitrogens with zero attached hydrogens (tertiary/aromatic N) is 3. The SMILES string of the molecule is CCCc1cc(=O)[nH]c(Sc2nc(N)ncc2Br)n1. The number of aryl methyl sites for hydroxylation is 1. The van der Waals surface area contributed by atoms with Crippen LogP contribution in [0.25, 0.3) is 0 Å². The van der Waals surface area contributed by atoms with E-state index in [2.05, 4.69) is 35.9 Å². The number of aromatic amines is 1. The van der Waals surface area contributed by atoms with Gasteiger partial charge in [0.2, 0.25) is 5.95 Å². The molecule has 2 aromatic rings. The van der Waals surface area contributed by atoms with Crippen LogP contribution in [-0.4, -0.2) is 19.9 Å². The minimum absolute atomic E-state index is 0.167. The van der Waals surface area contributed by atoms with Crippen LogP contribution in [0.1, 0.15) is 19.0 Å². The lowest BCUT2D eigenvalue weighted by Crippen LogP contribution is -2.10. The zero-order valence-corrected chi connectivity index (χ0v) is 12.6. The lowest BCUT2D eigenvalue weighted by molar-refractivity contribution is 0.814. The molecule has 8 heteroatoms. The van der Waals surface area contributed by atoms with Crippen LogP contribution in [0, 0.1) is 0 Å². The first-order valence-corrected chi connectivity index (χ1v) is 7.25. The third-order valence-corrected chi connectivity index (χ3v) is 3.94. The van der Waals surface area contributed by atoms with Crippen molar-refractivity contribution in [1.82, 2.24) is 19.9 Å². The van der Waals surface area contributed by atoms with Crippen LogP contribution in [0.4, 0.5) is 5.95 Å². The summed E-state index contributed by atoms with van der Waals surface area (Å²) in [6.07, 6.45) is 3.27. The predicted molar refractivity (Wildman–Crippen MR) is 77.1 cm³/mol. The molecule has 100 valence electrons. The number of nitrogens with one attached hydrogen (secondary N) is 1. The molecule has 2 aromatic heterocycles. The van der Waals surface area contributed by atoms with E-state index in [0.29, 0.717) is 14.7 Å². The van der Waals surface area contributed by atoms with Crippen LogP contribution >= 0.6 is 27.7 Å². The molecule has 19 heavy (non-hydrogen) atoms. The number of halogens is 1. The summed E-state index contributed by atoms with van der Waals surface area (Å²) in [5, 5.41) is 1.11. The van der Waals surface area contributed by atoms with E-state index in [4.69, 9.17) is 5.73 Å². The smallest absolute Gasteiger partial charge is 0.251 e. The van der Waals surface area contributed by atoms with Crippen LogP contribution < -0.4 is 11.3 Å². The molecular formula is C11H12BrN5OS. The normalized spacial score (nSPS) is 10.6. The fourth-order valence-electron chi connectivity index (χ4n) is 1.44. The summed E-state index contributed by atoms with van der Waals surface area (Å²) in [6, 6.07) is 1.51. The number of H-pyrrole nitrogens is 1. The van der Waals surface area contributed by atoms with E-state index < -0.39 is 0 Å². The molecule has 0 amide bonds. The number of nitrogen functional groups attached to an aromatic ring is 1. The minimum atomic E-state index is -0.167. The van der Waals surface area contributed by atoms with Gasteiger partial charge in [-0.1, -0.05) is 13.3 Å². The molecule has 0 aromatic carbocycles. The van der Waals surface area contributed by atoms with Gasteiger partial charge in [-0.05, 0) is 34.1 Å². The molecule has 0 unspecified atom stereocenters. The minimum Gasteiger partial charge on any atom is -0.368 e. The van der Waals surface area contributed by atoms with Gasteiger partial charge in [-0.3, -0.25) is 4.79 Å². The van der Waals surface area contributed by atoms with Gasteiger partial charge in [-0.2, -0.15) is 0 Å². The quantitative estimate of drug-likeness (QED) is 0.652. The number of aromatic nitrogens is 4. The number of anilines is 1. The summed E-state index contributed by atoms with van der Waals surface area (Å²) in [4.78, 5) is 26.6. The van der Waals surface area contributed by atoms with Crippen molar-refractivity contribution in [1.29, 1.82) is 0 Å². The van der Waals surface area contributed by atoms with E-state index in [1.54, 1.807) is 6.20 Å². The van der Waals surface area contributed by atoms with Crippen molar-refractivity contribution in [2.45, 2.75) is 29.9 Å². The molecule has 0 saturated carbocycles. The number of nitrogens with two attached hydrogens (primary N) is 1.